The molecule has 1 saturated heterocycles. The van der Waals surface area contributed by atoms with Crippen molar-refractivity contribution in [3.05, 3.63) is 96.8 Å². The maximum atomic E-state index is 12.8. The Bertz CT molecular complexity index is 1250. The third-order valence-electron chi connectivity index (χ3n) is 5.30. The topological polar surface area (TPSA) is 55.8 Å². The number of halogens is 2. The fraction of sp³-hybridized carbons (Fsp3) is 0.185. The molecule has 3 aromatic carbocycles. The Morgan fingerprint density at radius 3 is 2.11 bits per heavy atom. The highest BCUT2D eigenvalue weighted by molar-refractivity contribution is 9.11. The zero-order valence-corrected chi connectivity index (χ0v) is 23.2. The highest BCUT2D eigenvalue weighted by Crippen LogP contribution is 2.38. The van der Waals surface area contributed by atoms with E-state index < -0.39 is 0 Å². The molecule has 1 heterocycles. The predicted molar refractivity (Wildman–Crippen MR) is 147 cm³/mol. The van der Waals surface area contributed by atoms with Crippen LogP contribution in [0.2, 0.25) is 0 Å². The van der Waals surface area contributed by atoms with Gasteiger partial charge in [-0.25, -0.2) is 0 Å². The van der Waals surface area contributed by atoms with Crippen LogP contribution in [-0.4, -0.2) is 29.2 Å². The minimum Gasteiger partial charge on any atom is -0.492 e. The molecular formula is C27H23Br2NO4S. The molecular weight excluding hydrogens is 594 g/mol. The zero-order chi connectivity index (χ0) is 24.9. The molecule has 0 aliphatic carbocycles. The Morgan fingerprint density at radius 2 is 1.49 bits per heavy atom. The van der Waals surface area contributed by atoms with Gasteiger partial charge in [-0.1, -0.05) is 47.5 Å². The van der Waals surface area contributed by atoms with Gasteiger partial charge in [0.05, 0.1) is 20.4 Å². The molecule has 1 fully saturated rings. The van der Waals surface area contributed by atoms with Crippen LogP contribution in [0.3, 0.4) is 0 Å². The smallest absolute Gasteiger partial charge is 0.293 e. The lowest BCUT2D eigenvalue weighted by molar-refractivity contribution is -0.123. The summed E-state index contributed by atoms with van der Waals surface area (Å²) in [7, 11) is 0. The van der Waals surface area contributed by atoms with E-state index in [2.05, 4.69) is 31.9 Å². The molecule has 180 valence electrons. The molecule has 0 atom stereocenters. The number of carbonyl (C=O) groups excluding carboxylic acids is 2. The average Bonchev–Trinajstić information content (AvgIpc) is 3.08. The number of aryl methyl sites for hydroxylation is 2. The molecule has 0 unspecified atom stereocenters. The number of benzene rings is 3. The lowest BCUT2D eigenvalue weighted by atomic mass is 10.1. The summed E-state index contributed by atoms with van der Waals surface area (Å²) in [5.41, 5.74) is 4.17. The summed E-state index contributed by atoms with van der Waals surface area (Å²) >= 11 is 8.06. The van der Waals surface area contributed by atoms with Gasteiger partial charge in [0.15, 0.2) is 0 Å². The van der Waals surface area contributed by atoms with Crippen LogP contribution in [0, 0.1) is 13.8 Å². The van der Waals surface area contributed by atoms with Crippen LogP contribution in [-0.2, 0) is 11.4 Å². The number of thioether (sulfide) groups is 1. The van der Waals surface area contributed by atoms with E-state index in [0.717, 1.165) is 37.4 Å². The van der Waals surface area contributed by atoms with E-state index in [0.29, 0.717) is 23.0 Å². The average molecular weight is 617 g/mol. The maximum absolute atomic E-state index is 12.8. The summed E-state index contributed by atoms with van der Waals surface area (Å²) in [5.74, 6) is 1.06. The first-order chi connectivity index (χ1) is 16.8. The van der Waals surface area contributed by atoms with Gasteiger partial charge in [-0.3, -0.25) is 14.5 Å². The third kappa shape index (κ3) is 6.57. The molecule has 2 amide bonds. The van der Waals surface area contributed by atoms with Crippen molar-refractivity contribution >= 4 is 60.8 Å². The van der Waals surface area contributed by atoms with Crippen molar-refractivity contribution in [2.75, 3.05) is 13.2 Å². The van der Waals surface area contributed by atoms with Gasteiger partial charge >= 0.3 is 0 Å². The molecule has 1 aliphatic rings. The predicted octanol–water partition coefficient (Wildman–Crippen LogP) is 7.52. The molecule has 8 heteroatoms. The Labute approximate surface area is 225 Å². The summed E-state index contributed by atoms with van der Waals surface area (Å²) < 4.78 is 13.2. The van der Waals surface area contributed by atoms with Crippen molar-refractivity contribution in [2.45, 2.75) is 20.5 Å². The second-order valence-corrected chi connectivity index (χ2v) is 10.8. The minimum absolute atomic E-state index is 0.190. The van der Waals surface area contributed by atoms with Gasteiger partial charge in [0.25, 0.3) is 11.1 Å². The molecule has 5 nitrogen and oxygen atoms in total. The van der Waals surface area contributed by atoms with Crippen LogP contribution in [0.5, 0.6) is 11.5 Å². The molecule has 3 aromatic rings. The third-order valence-corrected chi connectivity index (χ3v) is 7.39. The second kappa shape index (κ2) is 11.5. The zero-order valence-electron chi connectivity index (χ0n) is 19.2. The first-order valence-corrected chi connectivity index (χ1v) is 13.3. The maximum Gasteiger partial charge on any atom is 0.293 e. The second-order valence-electron chi connectivity index (χ2n) is 8.08. The largest absolute Gasteiger partial charge is 0.492 e. The Morgan fingerprint density at radius 1 is 0.886 bits per heavy atom. The van der Waals surface area contributed by atoms with Crippen molar-refractivity contribution in [2.24, 2.45) is 0 Å². The summed E-state index contributed by atoms with van der Waals surface area (Å²) in [4.78, 5) is 26.9. The van der Waals surface area contributed by atoms with Crippen LogP contribution in [0.1, 0.15) is 22.3 Å². The first kappa shape index (κ1) is 25.5. The standard InChI is InChI=1S/C27H23Br2NO4S/c1-17-3-7-19(8-4-17)16-34-25-22(28)13-20(14-23(25)29)15-24-26(31)30(27(32)35-24)11-12-33-21-9-5-18(2)6-10-21/h3-10,13-15H,11-12,16H2,1-2H3/b24-15-. The van der Waals surface area contributed by atoms with Gasteiger partial charge in [0.2, 0.25) is 0 Å². The quantitative estimate of drug-likeness (QED) is 0.245. The number of amides is 2. The number of nitrogens with zero attached hydrogens (tertiary/aromatic N) is 1. The Balaban J connectivity index is 1.40. The van der Waals surface area contributed by atoms with Gasteiger partial charge in [-0.2, -0.15) is 0 Å². The number of rotatable bonds is 8. The molecule has 35 heavy (non-hydrogen) atoms. The van der Waals surface area contributed by atoms with E-state index in [1.165, 1.54) is 10.5 Å². The first-order valence-electron chi connectivity index (χ1n) is 10.9. The number of ether oxygens (including phenoxy) is 2. The van der Waals surface area contributed by atoms with Gasteiger partial charge in [0, 0.05) is 0 Å². The van der Waals surface area contributed by atoms with Crippen molar-refractivity contribution < 1.29 is 19.1 Å². The minimum atomic E-state index is -0.320. The number of hydrogen-bond donors (Lipinski definition) is 0. The summed E-state index contributed by atoms with van der Waals surface area (Å²) in [5, 5.41) is -0.301. The lowest BCUT2D eigenvalue weighted by Gasteiger charge is -2.13. The molecule has 0 aromatic heterocycles. The van der Waals surface area contributed by atoms with E-state index in [1.54, 1.807) is 6.08 Å². The fourth-order valence-electron chi connectivity index (χ4n) is 3.37. The summed E-state index contributed by atoms with van der Waals surface area (Å²) in [6.45, 7) is 4.90. The van der Waals surface area contributed by atoms with Crippen LogP contribution >= 0.6 is 43.6 Å². The van der Waals surface area contributed by atoms with Gasteiger partial charge in [-0.15, -0.1) is 0 Å². The summed E-state index contributed by atoms with van der Waals surface area (Å²) in [6.07, 6.45) is 1.71. The van der Waals surface area contributed by atoms with Crippen molar-refractivity contribution in [1.82, 2.24) is 4.90 Å². The van der Waals surface area contributed by atoms with Gasteiger partial charge < -0.3 is 9.47 Å². The van der Waals surface area contributed by atoms with Gasteiger partial charge in [-0.05, 0) is 98.9 Å². The molecule has 0 spiro atoms. The van der Waals surface area contributed by atoms with Crippen LogP contribution in [0.25, 0.3) is 6.08 Å². The SMILES string of the molecule is Cc1ccc(COc2c(Br)cc(/C=C3\SC(=O)N(CCOc4ccc(C)cc4)C3=O)cc2Br)cc1. The highest BCUT2D eigenvalue weighted by Gasteiger charge is 2.34. The molecule has 0 radical (unpaired) electrons. The van der Waals surface area contributed by atoms with E-state index in [9.17, 15) is 9.59 Å². The van der Waals surface area contributed by atoms with Crippen molar-refractivity contribution in [3.63, 3.8) is 0 Å². The molecule has 0 bridgehead atoms. The number of hydrogen-bond acceptors (Lipinski definition) is 5. The van der Waals surface area contributed by atoms with E-state index in [-0.39, 0.29) is 24.3 Å². The monoisotopic (exact) mass is 615 g/mol. The lowest BCUT2D eigenvalue weighted by Crippen LogP contribution is -2.32. The van der Waals surface area contributed by atoms with E-state index in [4.69, 9.17) is 9.47 Å². The molecule has 0 N–H and O–H groups in total. The van der Waals surface area contributed by atoms with Crippen molar-refractivity contribution in [3.8, 4) is 11.5 Å². The molecule has 4 rings (SSSR count). The van der Waals surface area contributed by atoms with Crippen LogP contribution < -0.4 is 9.47 Å². The number of imide groups is 1. The molecule has 1 aliphatic heterocycles. The Hall–Kier alpha value is -2.55. The van der Waals surface area contributed by atoms with Crippen LogP contribution in [0.15, 0.2) is 74.5 Å². The molecule has 0 saturated carbocycles. The van der Waals surface area contributed by atoms with Gasteiger partial charge in [0.1, 0.15) is 24.7 Å². The highest BCUT2D eigenvalue weighted by atomic mass is 79.9. The summed E-state index contributed by atoms with van der Waals surface area (Å²) in [6, 6.07) is 19.5. The van der Waals surface area contributed by atoms with E-state index >= 15 is 0 Å². The van der Waals surface area contributed by atoms with Crippen LogP contribution in [0.4, 0.5) is 4.79 Å². The Kier molecular flexibility index (Phi) is 8.36. The fourth-order valence-corrected chi connectivity index (χ4v) is 5.69. The number of carbonyl (C=O) groups is 2. The van der Waals surface area contributed by atoms with E-state index in [1.807, 2.05) is 74.5 Å². The normalized spacial score (nSPS) is 14.6. The van der Waals surface area contributed by atoms with Crippen molar-refractivity contribution in [1.29, 1.82) is 0 Å².